The van der Waals surface area contributed by atoms with Crippen LogP contribution in [0.4, 0.5) is 0 Å². The van der Waals surface area contributed by atoms with Gasteiger partial charge in [0.25, 0.3) is 0 Å². The van der Waals surface area contributed by atoms with E-state index in [1.54, 1.807) is 7.11 Å². The Morgan fingerprint density at radius 2 is 2.06 bits per heavy atom. The van der Waals surface area contributed by atoms with Crippen molar-refractivity contribution in [3.8, 4) is 5.75 Å². The van der Waals surface area contributed by atoms with Crippen LogP contribution < -0.4 is 4.74 Å². The largest absolute Gasteiger partial charge is 0.496 e. The number of benzene rings is 1. The number of hydrogen-bond donors (Lipinski definition) is 0. The molecular weight excluding hydrogens is 264 g/mol. The third-order valence-corrected chi connectivity index (χ3v) is 3.84. The van der Waals surface area contributed by atoms with Gasteiger partial charge in [0.1, 0.15) is 5.75 Å². The predicted molar refractivity (Wildman–Crippen MR) is 73.6 cm³/mol. The third kappa shape index (κ3) is 3.51. The molecule has 16 heavy (non-hydrogen) atoms. The standard InChI is InChI=1S/C14H21BrO/c1-5-12(11(3)15)9-13-8-10(2)6-7-14(13)16-4/h6-8,11-12H,5,9H2,1-4H3. The molecule has 2 unspecified atom stereocenters. The van der Waals surface area contributed by atoms with Crippen molar-refractivity contribution in [2.24, 2.45) is 5.92 Å². The second-order valence-electron chi connectivity index (χ2n) is 4.37. The van der Waals surface area contributed by atoms with Crippen LogP contribution in [0.5, 0.6) is 5.75 Å². The topological polar surface area (TPSA) is 9.23 Å². The van der Waals surface area contributed by atoms with E-state index in [-0.39, 0.29) is 0 Å². The van der Waals surface area contributed by atoms with Gasteiger partial charge in [-0.2, -0.15) is 0 Å². The van der Waals surface area contributed by atoms with E-state index in [1.807, 2.05) is 0 Å². The molecule has 0 bridgehead atoms. The van der Waals surface area contributed by atoms with Gasteiger partial charge in [0.2, 0.25) is 0 Å². The van der Waals surface area contributed by atoms with Crippen LogP contribution in [0.1, 0.15) is 31.4 Å². The maximum atomic E-state index is 5.41. The van der Waals surface area contributed by atoms with Gasteiger partial charge in [0, 0.05) is 4.83 Å². The molecule has 0 aliphatic heterocycles. The summed E-state index contributed by atoms with van der Waals surface area (Å²) >= 11 is 3.68. The molecule has 0 saturated heterocycles. The molecule has 0 saturated carbocycles. The Bertz CT molecular complexity index is 334. The second kappa shape index (κ2) is 6.29. The number of alkyl halides is 1. The molecule has 1 rings (SSSR count). The van der Waals surface area contributed by atoms with E-state index in [2.05, 4.69) is 54.9 Å². The summed E-state index contributed by atoms with van der Waals surface area (Å²) in [5.74, 6) is 1.67. The molecule has 0 radical (unpaired) electrons. The zero-order chi connectivity index (χ0) is 12.1. The summed E-state index contributed by atoms with van der Waals surface area (Å²) in [5, 5.41) is 0. The highest BCUT2D eigenvalue weighted by molar-refractivity contribution is 9.09. The first kappa shape index (κ1) is 13.6. The molecule has 0 amide bonds. The molecule has 2 atom stereocenters. The summed E-state index contributed by atoms with van der Waals surface area (Å²) in [6, 6.07) is 6.40. The van der Waals surface area contributed by atoms with E-state index >= 15 is 0 Å². The fourth-order valence-corrected chi connectivity index (χ4v) is 2.54. The normalized spacial score (nSPS) is 14.6. The summed E-state index contributed by atoms with van der Waals surface area (Å²) in [4.78, 5) is 0.544. The quantitative estimate of drug-likeness (QED) is 0.730. The summed E-state index contributed by atoms with van der Waals surface area (Å²) in [6.45, 7) is 6.59. The van der Waals surface area contributed by atoms with E-state index in [1.165, 1.54) is 17.5 Å². The highest BCUT2D eigenvalue weighted by atomic mass is 79.9. The van der Waals surface area contributed by atoms with Crippen LogP contribution in [0.2, 0.25) is 0 Å². The van der Waals surface area contributed by atoms with Gasteiger partial charge in [-0.3, -0.25) is 0 Å². The predicted octanol–water partition coefficient (Wildman–Crippen LogP) is 4.36. The molecule has 0 fully saturated rings. The van der Waals surface area contributed by atoms with Gasteiger partial charge in [-0.05, 0) is 30.9 Å². The smallest absolute Gasteiger partial charge is 0.122 e. The lowest BCUT2D eigenvalue weighted by atomic mass is 9.93. The molecule has 1 aromatic rings. The Labute approximate surface area is 107 Å². The zero-order valence-electron chi connectivity index (χ0n) is 10.6. The van der Waals surface area contributed by atoms with E-state index in [0.717, 1.165) is 12.2 Å². The first-order chi connectivity index (χ1) is 7.58. The molecule has 2 heteroatoms. The molecule has 1 nitrogen and oxygen atoms in total. The van der Waals surface area contributed by atoms with Crippen molar-refractivity contribution in [3.05, 3.63) is 29.3 Å². The highest BCUT2D eigenvalue weighted by Crippen LogP contribution is 2.27. The maximum Gasteiger partial charge on any atom is 0.122 e. The SMILES string of the molecule is CCC(Cc1cc(C)ccc1OC)C(C)Br. The van der Waals surface area contributed by atoms with Crippen molar-refractivity contribution in [1.29, 1.82) is 0 Å². The summed E-state index contributed by atoms with van der Waals surface area (Å²) in [5.41, 5.74) is 2.62. The minimum Gasteiger partial charge on any atom is -0.496 e. The van der Waals surface area contributed by atoms with Gasteiger partial charge in [0.15, 0.2) is 0 Å². The molecule has 0 aromatic heterocycles. The molecule has 0 heterocycles. The Kier molecular flexibility index (Phi) is 5.33. The molecule has 0 spiro atoms. The Balaban J connectivity index is 2.89. The van der Waals surface area contributed by atoms with E-state index in [4.69, 9.17) is 4.74 Å². The molecule has 90 valence electrons. The van der Waals surface area contributed by atoms with Crippen molar-refractivity contribution in [2.45, 2.75) is 38.4 Å². The molecule has 0 aliphatic rings. The Morgan fingerprint density at radius 1 is 1.38 bits per heavy atom. The van der Waals surface area contributed by atoms with E-state index in [0.29, 0.717) is 10.7 Å². The van der Waals surface area contributed by atoms with Crippen LogP contribution in [0, 0.1) is 12.8 Å². The van der Waals surface area contributed by atoms with Gasteiger partial charge in [-0.25, -0.2) is 0 Å². The van der Waals surface area contributed by atoms with Crippen molar-refractivity contribution >= 4 is 15.9 Å². The van der Waals surface area contributed by atoms with E-state index in [9.17, 15) is 0 Å². The second-order valence-corrected chi connectivity index (χ2v) is 5.81. The van der Waals surface area contributed by atoms with Crippen LogP contribution in [-0.2, 0) is 6.42 Å². The Morgan fingerprint density at radius 3 is 2.56 bits per heavy atom. The number of halogens is 1. The van der Waals surface area contributed by atoms with Crippen LogP contribution in [0.15, 0.2) is 18.2 Å². The summed E-state index contributed by atoms with van der Waals surface area (Å²) in [6.07, 6.45) is 2.26. The number of hydrogen-bond acceptors (Lipinski definition) is 1. The minimum atomic E-state index is 0.544. The fraction of sp³-hybridized carbons (Fsp3) is 0.571. The van der Waals surface area contributed by atoms with Crippen molar-refractivity contribution in [1.82, 2.24) is 0 Å². The molecular formula is C14H21BrO. The molecule has 0 N–H and O–H groups in total. The van der Waals surface area contributed by atoms with Crippen LogP contribution in [0.3, 0.4) is 0 Å². The molecule has 1 aromatic carbocycles. The number of aryl methyl sites for hydroxylation is 1. The average molecular weight is 285 g/mol. The van der Waals surface area contributed by atoms with Crippen molar-refractivity contribution in [2.75, 3.05) is 7.11 Å². The van der Waals surface area contributed by atoms with E-state index < -0.39 is 0 Å². The Hall–Kier alpha value is -0.500. The highest BCUT2D eigenvalue weighted by Gasteiger charge is 2.15. The van der Waals surface area contributed by atoms with Gasteiger partial charge in [-0.15, -0.1) is 0 Å². The number of ether oxygens (including phenoxy) is 1. The zero-order valence-corrected chi connectivity index (χ0v) is 12.2. The van der Waals surface area contributed by atoms with Gasteiger partial charge >= 0.3 is 0 Å². The fourth-order valence-electron chi connectivity index (χ4n) is 1.98. The summed E-state index contributed by atoms with van der Waals surface area (Å²) in [7, 11) is 1.74. The lowest BCUT2D eigenvalue weighted by molar-refractivity contribution is 0.402. The summed E-state index contributed by atoms with van der Waals surface area (Å²) < 4.78 is 5.41. The van der Waals surface area contributed by atoms with Crippen LogP contribution in [-0.4, -0.2) is 11.9 Å². The lowest BCUT2D eigenvalue weighted by Crippen LogP contribution is -2.13. The van der Waals surface area contributed by atoms with Crippen LogP contribution in [0.25, 0.3) is 0 Å². The average Bonchev–Trinajstić information content (AvgIpc) is 2.25. The van der Waals surface area contributed by atoms with Gasteiger partial charge in [-0.1, -0.05) is 53.9 Å². The molecule has 0 aliphatic carbocycles. The van der Waals surface area contributed by atoms with Gasteiger partial charge in [0.05, 0.1) is 7.11 Å². The lowest BCUT2D eigenvalue weighted by Gasteiger charge is -2.19. The maximum absolute atomic E-state index is 5.41. The van der Waals surface area contributed by atoms with Crippen LogP contribution >= 0.6 is 15.9 Å². The monoisotopic (exact) mass is 284 g/mol. The number of methoxy groups -OCH3 is 1. The first-order valence-electron chi connectivity index (χ1n) is 5.86. The number of rotatable bonds is 5. The van der Waals surface area contributed by atoms with Crippen molar-refractivity contribution in [3.63, 3.8) is 0 Å². The third-order valence-electron chi connectivity index (χ3n) is 3.09. The minimum absolute atomic E-state index is 0.544. The van der Waals surface area contributed by atoms with Gasteiger partial charge < -0.3 is 4.74 Å². The first-order valence-corrected chi connectivity index (χ1v) is 6.77. The van der Waals surface area contributed by atoms with Crippen molar-refractivity contribution < 1.29 is 4.74 Å².